The average molecular weight is 399 g/mol. The molecule has 0 saturated carbocycles. The van der Waals surface area contributed by atoms with Gasteiger partial charge < -0.3 is 10.1 Å². The monoisotopic (exact) mass is 399 g/mol. The number of hydrogen-bond acceptors (Lipinski definition) is 5. The van der Waals surface area contributed by atoms with E-state index in [-0.39, 0.29) is 17.5 Å². The molecule has 1 fully saturated rings. The number of nitrogens with one attached hydrogen (secondary N) is 1. The van der Waals surface area contributed by atoms with Crippen LogP contribution in [-0.2, 0) is 0 Å². The molecule has 3 rings (SSSR count). The third-order valence-electron chi connectivity index (χ3n) is 4.30. The maximum Gasteiger partial charge on any atom is 0.422 e. The molecule has 1 amide bonds. The molecule has 27 heavy (non-hydrogen) atoms. The van der Waals surface area contributed by atoms with Gasteiger partial charge in [0, 0.05) is 17.6 Å². The fourth-order valence-electron chi connectivity index (χ4n) is 3.06. The molecule has 0 spiro atoms. The number of thiophene rings is 1. The molecule has 1 aliphatic rings. The van der Waals surface area contributed by atoms with Gasteiger partial charge in [-0.15, -0.1) is 11.3 Å². The van der Waals surface area contributed by atoms with Crippen molar-refractivity contribution in [1.29, 1.82) is 0 Å². The average Bonchev–Trinajstić information content (AvgIpc) is 3.34. The summed E-state index contributed by atoms with van der Waals surface area (Å²) in [4.78, 5) is 19.8. The molecular weight excluding hydrogens is 379 g/mol. The fourth-order valence-corrected chi connectivity index (χ4v) is 3.92. The number of halogens is 3. The van der Waals surface area contributed by atoms with Crippen LogP contribution in [0, 0.1) is 0 Å². The molecule has 9 heteroatoms. The summed E-state index contributed by atoms with van der Waals surface area (Å²) >= 11 is 1.62. The summed E-state index contributed by atoms with van der Waals surface area (Å²) in [5.41, 5.74) is -0.00639. The molecular formula is C18H20F3N3O2S. The number of alkyl halides is 3. The van der Waals surface area contributed by atoms with Gasteiger partial charge in [0.15, 0.2) is 6.61 Å². The largest absolute Gasteiger partial charge is 0.467 e. The van der Waals surface area contributed by atoms with E-state index in [1.165, 1.54) is 18.3 Å². The van der Waals surface area contributed by atoms with Crippen molar-refractivity contribution >= 4 is 17.2 Å². The number of pyridine rings is 1. The fraction of sp³-hybridized carbons (Fsp3) is 0.444. The normalized spacial score (nSPS) is 16.3. The number of carbonyl (C=O) groups excluding carboxylic acids is 1. The highest BCUT2D eigenvalue weighted by Gasteiger charge is 2.30. The van der Waals surface area contributed by atoms with E-state index in [1.807, 2.05) is 17.5 Å². The Labute approximate surface area is 159 Å². The Morgan fingerprint density at radius 2 is 2.07 bits per heavy atom. The number of rotatable bonds is 7. The van der Waals surface area contributed by atoms with E-state index in [1.54, 1.807) is 11.3 Å². The molecule has 2 aromatic rings. The minimum absolute atomic E-state index is 0.00639. The summed E-state index contributed by atoms with van der Waals surface area (Å²) in [6.07, 6.45) is -0.964. The first kappa shape index (κ1) is 19.6. The maximum absolute atomic E-state index is 12.6. The van der Waals surface area contributed by atoms with Gasteiger partial charge in [0.05, 0.1) is 6.04 Å². The third-order valence-corrected chi connectivity index (χ3v) is 5.27. The van der Waals surface area contributed by atoms with Crippen LogP contribution in [0.4, 0.5) is 13.2 Å². The first-order chi connectivity index (χ1) is 12.9. The van der Waals surface area contributed by atoms with Gasteiger partial charge in [-0.1, -0.05) is 6.07 Å². The molecule has 5 nitrogen and oxygen atoms in total. The third kappa shape index (κ3) is 5.43. The lowest BCUT2D eigenvalue weighted by molar-refractivity contribution is -0.154. The standard InChI is InChI=1S/C18H20F3N3O2S/c19-18(20,21)12-26-17-13(5-3-7-22-17)16(25)23-11-14(15-6-4-10-27-15)24-8-1-2-9-24/h3-7,10,14H,1-2,8-9,11-12H2,(H,23,25)/t14-/m1/s1. The molecule has 0 bridgehead atoms. The molecule has 0 aliphatic carbocycles. The predicted octanol–water partition coefficient (Wildman–Crippen LogP) is 3.65. The van der Waals surface area contributed by atoms with Crippen LogP contribution < -0.4 is 10.1 Å². The van der Waals surface area contributed by atoms with Crippen LogP contribution in [0.25, 0.3) is 0 Å². The van der Waals surface area contributed by atoms with Crippen LogP contribution in [0.2, 0.25) is 0 Å². The van der Waals surface area contributed by atoms with Gasteiger partial charge in [-0.3, -0.25) is 9.69 Å². The smallest absolute Gasteiger partial charge is 0.422 e. The molecule has 0 radical (unpaired) electrons. The van der Waals surface area contributed by atoms with Gasteiger partial charge in [0.1, 0.15) is 5.56 Å². The Bertz CT molecular complexity index is 747. The van der Waals surface area contributed by atoms with Crippen molar-refractivity contribution in [3.05, 3.63) is 46.3 Å². The zero-order valence-electron chi connectivity index (χ0n) is 14.5. The van der Waals surface area contributed by atoms with Crippen LogP contribution in [0.1, 0.15) is 34.1 Å². The molecule has 1 saturated heterocycles. The zero-order chi connectivity index (χ0) is 19.3. The number of aromatic nitrogens is 1. The Balaban J connectivity index is 1.67. The van der Waals surface area contributed by atoms with Crippen LogP contribution in [-0.4, -0.2) is 48.2 Å². The second kappa shape index (κ2) is 8.71. The van der Waals surface area contributed by atoms with E-state index in [0.29, 0.717) is 6.54 Å². The molecule has 1 atom stereocenters. The van der Waals surface area contributed by atoms with Gasteiger partial charge in [0.25, 0.3) is 5.91 Å². The van der Waals surface area contributed by atoms with Crippen LogP contribution >= 0.6 is 11.3 Å². The number of hydrogen-bond donors (Lipinski definition) is 1. The SMILES string of the molecule is O=C(NC[C@H](c1cccs1)N1CCCC1)c1cccnc1OCC(F)(F)F. The molecule has 0 aromatic carbocycles. The van der Waals surface area contributed by atoms with E-state index < -0.39 is 18.7 Å². The van der Waals surface area contributed by atoms with E-state index in [0.717, 1.165) is 30.8 Å². The summed E-state index contributed by atoms with van der Waals surface area (Å²) < 4.78 is 41.9. The second-order valence-electron chi connectivity index (χ2n) is 6.24. The van der Waals surface area contributed by atoms with Crippen LogP contribution in [0.3, 0.4) is 0 Å². The van der Waals surface area contributed by atoms with E-state index >= 15 is 0 Å². The Morgan fingerprint density at radius 3 is 2.74 bits per heavy atom. The quantitative estimate of drug-likeness (QED) is 0.772. The summed E-state index contributed by atoms with van der Waals surface area (Å²) in [5.74, 6) is -0.817. The van der Waals surface area contributed by atoms with Crippen molar-refractivity contribution < 1.29 is 22.7 Å². The molecule has 146 valence electrons. The van der Waals surface area contributed by atoms with E-state index in [2.05, 4.69) is 15.2 Å². The van der Waals surface area contributed by atoms with Crippen molar-refractivity contribution in [2.45, 2.75) is 25.1 Å². The molecule has 0 unspecified atom stereocenters. The minimum Gasteiger partial charge on any atom is -0.467 e. The number of likely N-dealkylation sites (tertiary alicyclic amines) is 1. The summed E-state index contributed by atoms with van der Waals surface area (Å²) in [6, 6.07) is 6.95. The topological polar surface area (TPSA) is 54.5 Å². The van der Waals surface area contributed by atoms with Crippen molar-refractivity contribution in [1.82, 2.24) is 15.2 Å². The van der Waals surface area contributed by atoms with Crippen molar-refractivity contribution in [2.75, 3.05) is 26.2 Å². The van der Waals surface area contributed by atoms with Gasteiger partial charge >= 0.3 is 6.18 Å². The Morgan fingerprint density at radius 1 is 1.30 bits per heavy atom. The van der Waals surface area contributed by atoms with Gasteiger partial charge in [-0.2, -0.15) is 13.2 Å². The van der Waals surface area contributed by atoms with Crippen LogP contribution in [0.15, 0.2) is 35.8 Å². The van der Waals surface area contributed by atoms with Gasteiger partial charge in [0.2, 0.25) is 5.88 Å². The van der Waals surface area contributed by atoms with Crippen molar-refractivity contribution in [2.24, 2.45) is 0 Å². The second-order valence-corrected chi connectivity index (χ2v) is 7.22. The summed E-state index contributed by atoms with van der Waals surface area (Å²) in [7, 11) is 0. The lowest BCUT2D eigenvalue weighted by Crippen LogP contribution is -2.36. The summed E-state index contributed by atoms with van der Waals surface area (Å²) in [6.45, 7) is 0.805. The molecule has 1 aliphatic heterocycles. The Hall–Kier alpha value is -2.13. The lowest BCUT2D eigenvalue weighted by Gasteiger charge is -2.27. The van der Waals surface area contributed by atoms with Crippen molar-refractivity contribution in [3.8, 4) is 5.88 Å². The molecule has 1 N–H and O–H groups in total. The lowest BCUT2D eigenvalue weighted by atomic mass is 10.2. The highest BCUT2D eigenvalue weighted by molar-refractivity contribution is 7.10. The molecule has 2 aromatic heterocycles. The maximum atomic E-state index is 12.6. The zero-order valence-corrected chi connectivity index (χ0v) is 15.4. The first-order valence-corrected chi connectivity index (χ1v) is 9.52. The molecule has 3 heterocycles. The predicted molar refractivity (Wildman–Crippen MR) is 96.0 cm³/mol. The number of amides is 1. The Kier molecular flexibility index (Phi) is 6.33. The van der Waals surface area contributed by atoms with E-state index in [9.17, 15) is 18.0 Å². The highest BCUT2D eigenvalue weighted by atomic mass is 32.1. The van der Waals surface area contributed by atoms with Crippen LogP contribution in [0.5, 0.6) is 5.88 Å². The number of carbonyl (C=O) groups is 1. The van der Waals surface area contributed by atoms with Gasteiger partial charge in [-0.05, 0) is 49.5 Å². The van der Waals surface area contributed by atoms with Crippen molar-refractivity contribution in [3.63, 3.8) is 0 Å². The van der Waals surface area contributed by atoms with E-state index in [4.69, 9.17) is 4.74 Å². The number of ether oxygens (including phenoxy) is 1. The highest BCUT2D eigenvalue weighted by Crippen LogP contribution is 2.28. The van der Waals surface area contributed by atoms with Gasteiger partial charge in [-0.25, -0.2) is 4.98 Å². The number of nitrogens with zero attached hydrogens (tertiary/aromatic N) is 2. The minimum atomic E-state index is -4.49. The first-order valence-electron chi connectivity index (χ1n) is 8.64. The summed E-state index contributed by atoms with van der Waals surface area (Å²) in [5, 5.41) is 4.82.